The molecule has 24 heavy (non-hydrogen) atoms. The van der Waals surface area contributed by atoms with E-state index in [1.54, 1.807) is 18.2 Å². The van der Waals surface area contributed by atoms with Crippen LogP contribution in [-0.2, 0) is 17.8 Å². The summed E-state index contributed by atoms with van der Waals surface area (Å²) >= 11 is 0. The lowest BCUT2D eigenvalue weighted by atomic mass is 10.1. The van der Waals surface area contributed by atoms with Crippen molar-refractivity contribution in [3.63, 3.8) is 0 Å². The van der Waals surface area contributed by atoms with Gasteiger partial charge in [0.05, 0.1) is 13.2 Å². The first-order valence-corrected chi connectivity index (χ1v) is 8.60. The maximum atomic E-state index is 9.70. The first-order chi connectivity index (χ1) is 11.8. The van der Waals surface area contributed by atoms with Crippen LogP contribution in [0.1, 0.15) is 17.5 Å². The average Bonchev–Trinajstić information content (AvgIpc) is 2.63. The molecule has 1 heterocycles. The summed E-state index contributed by atoms with van der Waals surface area (Å²) in [4.78, 5) is 2.47. The number of para-hydroxylation sites is 2. The van der Waals surface area contributed by atoms with Crippen molar-refractivity contribution in [1.29, 1.82) is 0 Å². The monoisotopic (exact) mass is 327 g/mol. The van der Waals surface area contributed by atoms with Crippen LogP contribution in [0.4, 0.5) is 0 Å². The second kappa shape index (κ2) is 8.71. The lowest BCUT2D eigenvalue weighted by molar-refractivity contribution is 0.0375. The second-order valence-electron chi connectivity index (χ2n) is 6.13. The minimum absolute atomic E-state index is 0.178. The average molecular weight is 327 g/mol. The molecule has 0 atom stereocenters. The van der Waals surface area contributed by atoms with Gasteiger partial charge >= 0.3 is 0 Å². The molecule has 3 rings (SSSR count). The molecule has 0 aliphatic carbocycles. The van der Waals surface area contributed by atoms with Crippen LogP contribution in [0.25, 0.3) is 0 Å². The molecule has 1 aliphatic rings. The van der Waals surface area contributed by atoms with E-state index in [2.05, 4.69) is 29.2 Å². The van der Waals surface area contributed by atoms with Crippen molar-refractivity contribution in [2.75, 3.05) is 32.8 Å². The fourth-order valence-corrected chi connectivity index (χ4v) is 2.87. The molecule has 4 heteroatoms. The van der Waals surface area contributed by atoms with E-state index in [1.165, 1.54) is 12.0 Å². The summed E-state index contributed by atoms with van der Waals surface area (Å²) in [5.74, 6) is 0.698. The van der Waals surface area contributed by atoms with Gasteiger partial charge in [0.2, 0.25) is 0 Å². The van der Waals surface area contributed by atoms with Crippen molar-refractivity contribution in [3.05, 3.63) is 59.7 Å². The highest BCUT2D eigenvalue weighted by molar-refractivity contribution is 5.38. The SMILES string of the molecule is Oc1ccccc1OCc1ccc(CCCN2CCOCC2)cc1. The predicted octanol–water partition coefficient (Wildman–Crippen LogP) is 3.24. The summed E-state index contributed by atoms with van der Waals surface area (Å²) in [5.41, 5.74) is 2.46. The summed E-state index contributed by atoms with van der Waals surface area (Å²) in [5, 5.41) is 9.70. The number of nitrogens with zero attached hydrogens (tertiary/aromatic N) is 1. The number of rotatable bonds is 7. The van der Waals surface area contributed by atoms with Crippen LogP contribution >= 0.6 is 0 Å². The van der Waals surface area contributed by atoms with Crippen molar-refractivity contribution in [2.45, 2.75) is 19.4 Å². The standard InChI is InChI=1S/C20H25NO3/c22-19-5-1-2-6-20(19)24-16-18-9-7-17(8-10-18)4-3-11-21-12-14-23-15-13-21/h1-2,5-10,22H,3-4,11-16H2. The molecule has 0 amide bonds. The van der Waals surface area contributed by atoms with Gasteiger partial charge in [0, 0.05) is 13.1 Å². The summed E-state index contributed by atoms with van der Waals surface area (Å²) in [7, 11) is 0. The van der Waals surface area contributed by atoms with Crippen LogP contribution in [0.3, 0.4) is 0 Å². The van der Waals surface area contributed by atoms with E-state index in [9.17, 15) is 5.11 Å². The molecule has 0 bridgehead atoms. The Morgan fingerprint density at radius 1 is 0.958 bits per heavy atom. The van der Waals surface area contributed by atoms with Crippen LogP contribution in [0.2, 0.25) is 0 Å². The highest BCUT2D eigenvalue weighted by Gasteiger charge is 2.09. The third kappa shape index (κ3) is 4.98. The van der Waals surface area contributed by atoms with Gasteiger partial charge in [0.15, 0.2) is 11.5 Å². The van der Waals surface area contributed by atoms with E-state index >= 15 is 0 Å². The van der Waals surface area contributed by atoms with Crippen LogP contribution in [0.15, 0.2) is 48.5 Å². The van der Waals surface area contributed by atoms with Crippen LogP contribution < -0.4 is 4.74 Å². The summed E-state index contributed by atoms with van der Waals surface area (Å²) in [6, 6.07) is 15.6. The number of phenolic OH excluding ortho intramolecular Hbond substituents is 1. The molecule has 0 saturated carbocycles. The lowest BCUT2D eigenvalue weighted by Gasteiger charge is -2.26. The molecule has 0 unspecified atom stereocenters. The molecule has 0 radical (unpaired) electrons. The van der Waals surface area contributed by atoms with Crippen molar-refractivity contribution in [2.24, 2.45) is 0 Å². The van der Waals surface area contributed by atoms with Crippen molar-refractivity contribution >= 4 is 0 Å². The van der Waals surface area contributed by atoms with Gasteiger partial charge in [-0.1, -0.05) is 36.4 Å². The molecule has 128 valence electrons. The molecule has 1 N–H and O–H groups in total. The number of benzene rings is 2. The first-order valence-electron chi connectivity index (χ1n) is 8.60. The Morgan fingerprint density at radius 3 is 2.42 bits per heavy atom. The fourth-order valence-electron chi connectivity index (χ4n) is 2.87. The molecule has 4 nitrogen and oxygen atoms in total. The van der Waals surface area contributed by atoms with E-state index in [1.807, 2.05) is 6.07 Å². The van der Waals surface area contributed by atoms with E-state index < -0.39 is 0 Å². The van der Waals surface area contributed by atoms with E-state index in [0.29, 0.717) is 12.4 Å². The zero-order chi connectivity index (χ0) is 16.6. The Bertz CT molecular complexity index is 621. The fraction of sp³-hybridized carbons (Fsp3) is 0.400. The van der Waals surface area contributed by atoms with Crippen molar-refractivity contribution in [1.82, 2.24) is 4.90 Å². The lowest BCUT2D eigenvalue weighted by Crippen LogP contribution is -2.36. The van der Waals surface area contributed by atoms with Crippen LogP contribution in [0, 0.1) is 0 Å². The quantitative estimate of drug-likeness (QED) is 0.848. The minimum Gasteiger partial charge on any atom is -0.504 e. The van der Waals surface area contributed by atoms with Gasteiger partial charge in [0.25, 0.3) is 0 Å². The van der Waals surface area contributed by atoms with Gasteiger partial charge in [-0.2, -0.15) is 0 Å². The number of aromatic hydroxyl groups is 1. The van der Waals surface area contributed by atoms with E-state index in [-0.39, 0.29) is 5.75 Å². The Labute approximate surface area is 143 Å². The first kappa shape index (κ1) is 16.8. The molecule has 1 aliphatic heterocycles. The molecule has 1 saturated heterocycles. The van der Waals surface area contributed by atoms with Crippen molar-refractivity contribution < 1.29 is 14.6 Å². The molecular weight excluding hydrogens is 302 g/mol. The van der Waals surface area contributed by atoms with E-state index in [4.69, 9.17) is 9.47 Å². The Kier molecular flexibility index (Phi) is 6.10. The van der Waals surface area contributed by atoms with Gasteiger partial charge < -0.3 is 14.6 Å². The molecular formula is C20H25NO3. The minimum atomic E-state index is 0.178. The maximum Gasteiger partial charge on any atom is 0.161 e. The zero-order valence-electron chi connectivity index (χ0n) is 14.0. The normalized spacial score (nSPS) is 15.3. The number of morpholine rings is 1. The third-order valence-electron chi connectivity index (χ3n) is 4.33. The molecule has 2 aromatic rings. The van der Waals surface area contributed by atoms with Gasteiger partial charge in [-0.3, -0.25) is 4.90 Å². The zero-order valence-corrected chi connectivity index (χ0v) is 14.0. The van der Waals surface area contributed by atoms with Gasteiger partial charge in [-0.15, -0.1) is 0 Å². The largest absolute Gasteiger partial charge is 0.504 e. The van der Waals surface area contributed by atoms with Gasteiger partial charge in [0.1, 0.15) is 6.61 Å². The van der Waals surface area contributed by atoms with Gasteiger partial charge in [-0.25, -0.2) is 0 Å². The molecule has 0 aromatic heterocycles. The number of hydrogen-bond donors (Lipinski definition) is 1. The number of phenols is 1. The molecule has 0 spiro atoms. The van der Waals surface area contributed by atoms with Crippen LogP contribution in [0.5, 0.6) is 11.5 Å². The number of aryl methyl sites for hydroxylation is 1. The molecule has 2 aromatic carbocycles. The smallest absolute Gasteiger partial charge is 0.161 e. The maximum absolute atomic E-state index is 9.70. The Hall–Kier alpha value is -2.04. The van der Waals surface area contributed by atoms with Gasteiger partial charge in [-0.05, 0) is 42.6 Å². The predicted molar refractivity (Wildman–Crippen MR) is 94.5 cm³/mol. The molecule has 1 fully saturated rings. The summed E-state index contributed by atoms with van der Waals surface area (Å²) < 4.78 is 11.0. The summed E-state index contributed by atoms with van der Waals surface area (Å²) in [6.45, 7) is 5.45. The Morgan fingerprint density at radius 2 is 1.67 bits per heavy atom. The topological polar surface area (TPSA) is 41.9 Å². The number of hydrogen-bond acceptors (Lipinski definition) is 4. The highest BCUT2D eigenvalue weighted by Crippen LogP contribution is 2.25. The third-order valence-corrected chi connectivity index (χ3v) is 4.33. The summed E-state index contributed by atoms with van der Waals surface area (Å²) in [6.07, 6.45) is 2.27. The van der Waals surface area contributed by atoms with E-state index in [0.717, 1.165) is 44.8 Å². The Balaban J connectivity index is 1.42. The highest BCUT2D eigenvalue weighted by atomic mass is 16.5. The van der Waals surface area contributed by atoms with Crippen molar-refractivity contribution in [3.8, 4) is 11.5 Å². The second-order valence-corrected chi connectivity index (χ2v) is 6.13. The number of ether oxygens (including phenoxy) is 2. The van der Waals surface area contributed by atoms with Crippen LogP contribution in [-0.4, -0.2) is 42.9 Å².